The molecule has 0 fully saturated rings. The van der Waals surface area contributed by atoms with Gasteiger partial charge in [0.05, 0.1) is 21.3 Å². The zero-order valence-electron chi connectivity index (χ0n) is 32.6. The number of carbonyl (C=O) groups is 5. The van der Waals surface area contributed by atoms with Gasteiger partial charge in [-0.05, 0) is 103 Å². The molecule has 3 N–H and O–H groups in total. The van der Waals surface area contributed by atoms with Crippen molar-refractivity contribution in [2.45, 2.75) is 64.0 Å². The van der Waals surface area contributed by atoms with Crippen LogP contribution in [0.25, 0.3) is 0 Å². The van der Waals surface area contributed by atoms with E-state index in [9.17, 15) is 28.4 Å². The quantitative estimate of drug-likeness (QED) is 0.0498. The number of unbranched alkanes of at least 4 members (excludes halogenated alkanes) is 1. The number of methoxy groups -OCH3 is 3. The molecule has 308 valence electrons. The number of hydrogen-bond donors (Lipinski definition) is 3. The average Bonchev–Trinajstić information content (AvgIpc) is 3.25. The summed E-state index contributed by atoms with van der Waals surface area (Å²) in [5.41, 5.74) is 2.36. The van der Waals surface area contributed by atoms with Gasteiger partial charge in [0, 0.05) is 18.5 Å². The highest BCUT2D eigenvalue weighted by atomic mass is 19.1. The SMILES string of the molecule is COc1ccc(COC(=O)CC[C@H](NC(=O)N[C@@H](CCCCNC(=O)c2ccc(F)cc2)C(=O)OCc2ccc(OC)cc2)C(=O)OCc2ccc(OC)cc2)cc1. The molecule has 2 atom stereocenters. The lowest BCUT2D eigenvalue weighted by Gasteiger charge is -2.21. The fourth-order valence-electron chi connectivity index (χ4n) is 5.41. The number of carbonyl (C=O) groups excluding carboxylic acids is 5. The normalized spacial score (nSPS) is 11.6. The van der Waals surface area contributed by atoms with Crippen LogP contribution >= 0.6 is 0 Å². The predicted octanol–water partition coefficient (Wildman–Crippen LogP) is 5.80. The number of hydrogen-bond acceptors (Lipinski definition) is 11. The smallest absolute Gasteiger partial charge is 0.329 e. The van der Waals surface area contributed by atoms with Crippen LogP contribution in [0.4, 0.5) is 9.18 Å². The summed E-state index contributed by atoms with van der Waals surface area (Å²) in [5.74, 6) is -1.12. The molecule has 0 bridgehead atoms. The van der Waals surface area contributed by atoms with Gasteiger partial charge in [-0.1, -0.05) is 36.4 Å². The van der Waals surface area contributed by atoms with Crippen molar-refractivity contribution in [2.24, 2.45) is 0 Å². The fourth-order valence-corrected chi connectivity index (χ4v) is 5.41. The van der Waals surface area contributed by atoms with E-state index < -0.39 is 41.8 Å². The first-order valence-corrected chi connectivity index (χ1v) is 18.5. The Hall–Kier alpha value is -6.64. The Morgan fingerprint density at radius 3 is 1.43 bits per heavy atom. The number of benzene rings is 4. The second-order valence-corrected chi connectivity index (χ2v) is 12.9. The maximum Gasteiger partial charge on any atom is 0.329 e. The Labute approximate surface area is 336 Å². The first kappa shape index (κ1) is 44.1. The van der Waals surface area contributed by atoms with Crippen molar-refractivity contribution in [1.82, 2.24) is 16.0 Å². The number of ether oxygens (including phenoxy) is 6. The Balaban J connectivity index is 1.39. The highest BCUT2D eigenvalue weighted by molar-refractivity contribution is 5.94. The number of nitrogens with one attached hydrogen (secondary N) is 3. The Morgan fingerprint density at radius 2 is 0.983 bits per heavy atom. The number of halogens is 1. The van der Waals surface area contributed by atoms with E-state index >= 15 is 0 Å². The summed E-state index contributed by atoms with van der Waals surface area (Å²) in [7, 11) is 4.60. The van der Waals surface area contributed by atoms with Gasteiger partial charge in [-0.2, -0.15) is 0 Å². The zero-order valence-corrected chi connectivity index (χ0v) is 32.6. The van der Waals surface area contributed by atoms with Crippen molar-refractivity contribution in [3.63, 3.8) is 0 Å². The first-order valence-electron chi connectivity index (χ1n) is 18.5. The van der Waals surface area contributed by atoms with Crippen LogP contribution in [0.3, 0.4) is 0 Å². The average molecular weight is 802 g/mol. The van der Waals surface area contributed by atoms with E-state index in [0.717, 1.165) is 5.56 Å². The molecule has 0 aliphatic rings. The number of rotatable bonds is 22. The third-order valence-electron chi connectivity index (χ3n) is 8.77. The molecule has 15 heteroatoms. The minimum Gasteiger partial charge on any atom is -0.497 e. The molecule has 4 rings (SSSR count). The molecular weight excluding hydrogens is 753 g/mol. The molecule has 3 amide bonds. The summed E-state index contributed by atoms with van der Waals surface area (Å²) in [4.78, 5) is 65.4. The summed E-state index contributed by atoms with van der Waals surface area (Å²) >= 11 is 0. The molecule has 14 nitrogen and oxygen atoms in total. The minimum atomic E-state index is -1.30. The first-order chi connectivity index (χ1) is 28.1. The lowest BCUT2D eigenvalue weighted by atomic mass is 10.1. The molecule has 4 aromatic rings. The van der Waals surface area contributed by atoms with Crippen LogP contribution in [0.15, 0.2) is 97.1 Å². The standard InChI is InChI=1S/C43H48FN3O11/c1-53-34-17-7-29(8-18-34)26-56-39(48)24-23-38(42(51)58-28-31-11-21-36(55-3)22-12-31)47-43(52)46-37(41(50)57-27-30-9-19-35(54-2)20-10-30)6-4-5-25-45-40(49)32-13-15-33(44)16-14-32/h7-22,37-38H,4-6,23-28H2,1-3H3,(H,45,49)(H2,46,47,52)/t37-,38-/m0/s1. The van der Waals surface area contributed by atoms with Gasteiger partial charge in [0.15, 0.2) is 0 Å². The van der Waals surface area contributed by atoms with Gasteiger partial charge in [0.25, 0.3) is 5.91 Å². The summed E-state index contributed by atoms with van der Waals surface area (Å²) in [6, 6.07) is 22.5. The van der Waals surface area contributed by atoms with Crippen LogP contribution in [0.1, 0.15) is 59.2 Å². The number of esters is 3. The summed E-state index contributed by atoms with van der Waals surface area (Å²) in [6.45, 7) is 0.0180. The van der Waals surface area contributed by atoms with Crippen molar-refractivity contribution in [3.8, 4) is 17.2 Å². The Bertz CT molecular complexity index is 1920. The van der Waals surface area contributed by atoms with Crippen LogP contribution in [-0.2, 0) is 48.4 Å². The lowest BCUT2D eigenvalue weighted by molar-refractivity contribution is -0.149. The molecule has 0 unspecified atom stereocenters. The summed E-state index contributed by atoms with van der Waals surface area (Å²) < 4.78 is 45.2. The topological polar surface area (TPSA) is 177 Å². The maximum atomic E-state index is 13.5. The molecule has 0 saturated carbocycles. The van der Waals surface area contributed by atoms with Crippen LogP contribution < -0.4 is 30.2 Å². The molecule has 0 saturated heterocycles. The number of amides is 3. The van der Waals surface area contributed by atoms with Crippen LogP contribution in [0, 0.1) is 5.82 Å². The van der Waals surface area contributed by atoms with Crippen molar-refractivity contribution in [1.29, 1.82) is 0 Å². The molecule has 0 radical (unpaired) electrons. The van der Waals surface area contributed by atoms with Gasteiger partial charge in [0.2, 0.25) is 0 Å². The van der Waals surface area contributed by atoms with Gasteiger partial charge in [-0.3, -0.25) is 9.59 Å². The van der Waals surface area contributed by atoms with Crippen LogP contribution in [0.2, 0.25) is 0 Å². The van der Waals surface area contributed by atoms with Crippen molar-refractivity contribution in [3.05, 3.63) is 125 Å². The summed E-state index contributed by atoms with van der Waals surface area (Å²) in [6.07, 6.45) is 0.509. The fraction of sp³-hybridized carbons (Fsp3) is 0.326. The van der Waals surface area contributed by atoms with E-state index in [1.807, 2.05) is 0 Å². The van der Waals surface area contributed by atoms with Crippen molar-refractivity contribution >= 4 is 29.8 Å². The monoisotopic (exact) mass is 801 g/mol. The van der Waals surface area contributed by atoms with E-state index in [4.69, 9.17) is 28.4 Å². The molecule has 0 aliphatic carbocycles. The summed E-state index contributed by atoms with van der Waals surface area (Å²) in [5, 5.41) is 7.90. The highest BCUT2D eigenvalue weighted by Crippen LogP contribution is 2.16. The molecule has 0 aromatic heterocycles. The zero-order chi connectivity index (χ0) is 41.7. The molecule has 0 spiro atoms. The van der Waals surface area contributed by atoms with Gasteiger partial charge in [0.1, 0.15) is 55.0 Å². The third-order valence-corrected chi connectivity index (χ3v) is 8.77. The molecule has 0 aliphatic heterocycles. The number of urea groups is 1. The van der Waals surface area contributed by atoms with E-state index in [1.165, 1.54) is 38.5 Å². The van der Waals surface area contributed by atoms with Crippen LogP contribution in [-0.4, -0.2) is 69.8 Å². The molecule has 4 aromatic carbocycles. The van der Waals surface area contributed by atoms with Crippen molar-refractivity contribution < 1.29 is 56.8 Å². The van der Waals surface area contributed by atoms with Gasteiger partial charge in [-0.25, -0.2) is 18.8 Å². The molecular formula is C43H48FN3O11. The largest absolute Gasteiger partial charge is 0.497 e. The molecule has 58 heavy (non-hydrogen) atoms. The van der Waals surface area contributed by atoms with E-state index in [0.29, 0.717) is 46.8 Å². The van der Waals surface area contributed by atoms with E-state index in [2.05, 4.69) is 16.0 Å². The second-order valence-electron chi connectivity index (χ2n) is 12.9. The van der Waals surface area contributed by atoms with Crippen LogP contribution in [0.5, 0.6) is 17.2 Å². The van der Waals surface area contributed by atoms with Crippen molar-refractivity contribution in [2.75, 3.05) is 27.9 Å². The molecule has 0 heterocycles. The minimum absolute atomic E-state index is 0.0143. The lowest BCUT2D eigenvalue weighted by Crippen LogP contribution is -2.51. The van der Waals surface area contributed by atoms with Gasteiger partial charge >= 0.3 is 23.9 Å². The third kappa shape index (κ3) is 15.1. The predicted molar refractivity (Wildman–Crippen MR) is 209 cm³/mol. The van der Waals surface area contributed by atoms with Gasteiger partial charge in [-0.15, -0.1) is 0 Å². The van der Waals surface area contributed by atoms with E-state index in [-0.39, 0.29) is 51.5 Å². The highest BCUT2D eigenvalue weighted by Gasteiger charge is 2.28. The van der Waals surface area contributed by atoms with Gasteiger partial charge < -0.3 is 44.4 Å². The second kappa shape index (κ2) is 23.4. The van der Waals surface area contributed by atoms with E-state index in [1.54, 1.807) is 79.9 Å². The maximum absolute atomic E-state index is 13.5. The Morgan fingerprint density at radius 1 is 0.552 bits per heavy atom. The Kier molecular flexibility index (Phi) is 17.8.